The summed E-state index contributed by atoms with van der Waals surface area (Å²) in [6.07, 6.45) is 8.68. The second kappa shape index (κ2) is 7.20. The van der Waals surface area contributed by atoms with Gasteiger partial charge in [0.1, 0.15) is 5.65 Å². The molecule has 2 atom stereocenters. The SMILES string of the molecule is C[C@H]1CC(Cn2ccc3cc(-c4cn[nH]c4)cnc32)CN1C(=O)c1ccccc1. The number of nitrogens with one attached hydrogen (secondary N) is 1. The summed E-state index contributed by atoms with van der Waals surface area (Å²) in [5.41, 5.74) is 3.84. The molecule has 29 heavy (non-hydrogen) atoms. The zero-order valence-corrected chi connectivity index (χ0v) is 16.3. The zero-order chi connectivity index (χ0) is 19.8. The largest absolute Gasteiger partial charge is 0.336 e. The summed E-state index contributed by atoms with van der Waals surface area (Å²) in [7, 11) is 0. The molecule has 1 aromatic carbocycles. The second-order valence-corrected chi connectivity index (χ2v) is 7.87. The average molecular weight is 385 g/mol. The summed E-state index contributed by atoms with van der Waals surface area (Å²) < 4.78 is 2.21. The first-order chi connectivity index (χ1) is 14.2. The number of amides is 1. The molecule has 0 bridgehead atoms. The summed E-state index contributed by atoms with van der Waals surface area (Å²) in [5, 5.41) is 7.97. The van der Waals surface area contributed by atoms with E-state index in [0.29, 0.717) is 5.92 Å². The molecule has 1 aliphatic rings. The number of likely N-dealkylation sites (tertiary alicyclic amines) is 1. The molecule has 0 radical (unpaired) electrons. The van der Waals surface area contributed by atoms with Crippen LogP contribution in [0.3, 0.4) is 0 Å². The van der Waals surface area contributed by atoms with Gasteiger partial charge in [-0.25, -0.2) is 4.98 Å². The van der Waals surface area contributed by atoms with Crippen molar-refractivity contribution in [3.63, 3.8) is 0 Å². The fourth-order valence-corrected chi connectivity index (χ4v) is 4.37. The Morgan fingerprint density at radius 2 is 2.03 bits per heavy atom. The molecular formula is C23H23N5O. The van der Waals surface area contributed by atoms with Gasteiger partial charge in [-0.3, -0.25) is 9.89 Å². The van der Waals surface area contributed by atoms with Gasteiger partial charge >= 0.3 is 0 Å². The molecular weight excluding hydrogens is 362 g/mol. The standard InChI is InChI=1S/C23H23N5O/c1-16-9-17(15-28(16)23(29)18-5-3-2-4-6-18)14-27-8-7-19-10-20(11-24-22(19)27)21-12-25-26-13-21/h2-8,10-13,16-17H,9,14-15H2,1H3,(H,25,26)/t16-,17?/m0/s1. The minimum Gasteiger partial charge on any atom is -0.336 e. The Kier molecular flexibility index (Phi) is 4.39. The molecule has 1 aliphatic heterocycles. The highest BCUT2D eigenvalue weighted by atomic mass is 16.2. The zero-order valence-electron chi connectivity index (χ0n) is 16.3. The quantitative estimate of drug-likeness (QED) is 0.578. The van der Waals surface area contributed by atoms with E-state index in [4.69, 9.17) is 4.98 Å². The number of H-pyrrole nitrogens is 1. The highest BCUT2D eigenvalue weighted by Crippen LogP contribution is 2.28. The van der Waals surface area contributed by atoms with Crippen molar-refractivity contribution in [2.75, 3.05) is 6.54 Å². The normalized spacial score (nSPS) is 19.1. The van der Waals surface area contributed by atoms with Crippen LogP contribution in [0.15, 0.2) is 67.3 Å². The summed E-state index contributed by atoms with van der Waals surface area (Å²) >= 11 is 0. The van der Waals surface area contributed by atoms with Crippen LogP contribution >= 0.6 is 0 Å². The van der Waals surface area contributed by atoms with Crippen molar-refractivity contribution < 1.29 is 4.79 Å². The van der Waals surface area contributed by atoms with Crippen molar-refractivity contribution in [3.8, 4) is 11.1 Å². The smallest absolute Gasteiger partial charge is 0.254 e. The fourth-order valence-electron chi connectivity index (χ4n) is 4.37. The predicted molar refractivity (Wildman–Crippen MR) is 112 cm³/mol. The Morgan fingerprint density at radius 1 is 1.17 bits per heavy atom. The van der Waals surface area contributed by atoms with E-state index in [1.165, 1.54) is 0 Å². The van der Waals surface area contributed by atoms with Crippen molar-refractivity contribution in [3.05, 3.63) is 72.8 Å². The lowest BCUT2D eigenvalue weighted by Gasteiger charge is -2.21. The molecule has 1 amide bonds. The van der Waals surface area contributed by atoms with Crippen molar-refractivity contribution in [1.82, 2.24) is 24.6 Å². The molecule has 1 fully saturated rings. The van der Waals surface area contributed by atoms with Crippen LogP contribution in [0.4, 0.5) is 0 Å². The van der Waals surface area contributed by atoms with E-state index in [2.05, 4.69) is 40.0 Å². The van der Waals surface area contributed by atoms with Gasteiger partial charge in [-0.2, -0.15) is 5.10 Å². The lowest BCUT2D eigenvalue weighted by Crippen LogP contribution is -2.34. The number of aromatic nitrogens is 4. The summed E-state index contributed by atoms with van der Waals surface area (Å²) in [5.74, 6) is 0.546. The number of aromatic amines is 1. The monoisotopic (exact) mass is 385 g/mol. The maximum absolute atomic E-state index is 12.9. The van der Waals surface area contributed by atoms with Crippen molar-refractivity contribution in [2.45, 2.75) is 25.9 Å². The van der Waals surface area contributed by atoms with Gasteiger partial charge in [0.05, 0.1) is 6.20 Å². The Labute approximate surface area is 169 Å². The number of rotatable bonds is 4. The number of benzene rings is 1. The maximum Gasteiger partial charge on any atom is 0.254 e. The average Bonchev–Trinajstić information content (AvgIpc) is 3.49. The van der Waals surface area contributed by atoms with E-state index >= 15 is 0 Å². The van der Waals surface area contributed by atoms with E-state index < -0.39 is 0 Å². The Hall–Kier alpha value is -3.41. The number of carbonyl (C=O) groups is 1. The number of fused-ring (bicyclic) bond motifs is 1. The molecule has 1 unspecified atom stereocenters. The lowest BCUT2D eigenvalue weighted by atomic mass is 10.1. The molecule has 3 aromatic heterocycles. The van der Waals surface area contributed by atoms with E-state index in [-0.39, 0.29) is 11.9 Å². The van der Waals surface area contributed by atoms with Gasteiger partial charge < -0.3 is 9.47 Å². The number of hydrogen-bond donors (Lipinski definition) is 1. The minimum atomic E-state index is 0.126. The Morgan fingerprint density at radius 3 is 2.83 bits per heavy atom. The molecule has 0 aliphatic carbocycles. The Balaban J connectivity index is 1.33. The van der Waals surface area contributed by atoms with Gasteiger partial charge in [0.2, 0.25) is 0 Å². The number of hydrogen-bond acceptors (Lipinski definition) is 3. The van der Waals surface area contributed by atoms with Crippen LogP contribution in [-0.4, -0.2) is 43.1 Å². The molecule has 4 heterocycles. The molecule has 0 saturated carbocycles. The minimum absolute atomic E-state index is 0.126. The summed E-state index contributed by atoms with van der Waals surface area (Å²) in [4.78, 5) is 19.6. The van der Waals surface area contributed by atoms with Gasteiger partial charge in [-0.15, -0.1) is 0 Å². The maximum atomic E-state index is 12.9. The lowest BCUT2D eigenvalue weighted by molar-refractivity contribution is 0.0742. The molecule has 146 valence electrons. The first-order valence-corrected chi connectivity index (χ1v) is 9.99. The molecule has 5 rings (SSSR count). The number of pyridine rings is 1. The van der Waals surface area contributed by atoms with E-state index in [1.807, 2.05) is 47.6 Å². The van der Waals surface area contributed by atoms with E-state index in [1.54, 1.807) is 6.20 Å². The van der Waals surface area contributed by atoms with Crippen LogP contribution in [0, 0.1) is 5.92 Å². The van der Waals surface area contributed by atoms with Gasteiger partial charge in [0.25, 0.3) is 5.91 Å². The third kappa shape index (κ3) is 3.31. The number of carbonyl (C=O) groups excluding carboxylic acids is 1. The molecule has 1 saturated heterocycles. The molecule has 4 aromatic rings. The van der Waals surface area contributed by atoms with Crippen molar-refractivity contribution >= 4 is 16.9 Å². The number of nitrogens with zero attached hydrogens (tertiary/aromatic N) is 4. The topological polar surface area (TPSA) is 66.8 Å². The third-order valence-electron chi connectivity index (χ3n) is 5.83. The van der Waals surface area contributed by atoms with Gasteiger partial charge in [-0.05, 0) is 43.5 Å². The molecule has 1 N–H and O–H groups in total. The second-order valence-electron chi connectivity index (χ2n) is 7.87. The fraction of sp³-hybridized carbons (Fsp3) is 0.261. The molecule has 0 spiro atoms. The first kappa shape index (κ1) is 17.7. The van der Waals surface area contributed by atoms with Crippen LogP contribution in [0.2, 0.25) is 0 Å². The van der Waals surface area contributed by atoms with Gasteiger partial charge in [0, 0.05) is 59.8 Å². The van der Waals surface area contributed by atoms with Crippen molar-refractivity contribution in [1.29, 1.82) is 0 Å². The Bertz CT molecular complexity index is 1130. The van der Waals surface area contributed by atoms with Crippen LogP contribution < -0.4 is 0 Å². The molecule has 6 heteroatoms. The van der Waals surface area contributed by atoms with Crippen LogP contribution in [-0.2, 0) is 6.54 Å². The summed E-state index contributed by atoms with van der Waals surface area (Å²) in [6.45, 7) is 3.79. The molecule has 6 nitrogen and oxygen atoms in total. The third-order valence-corrected chi connectivity index (χ3v) is 5.83. The highest BCUT2D eigenvalue weighted by molar-refractivity contribution is 5.94. The highest BCUT2D eigenvalue weighted by Gasteiger charge is 2.33. The van der Waals surface area contributed by atoms with Crippen LogP contribution in [0.1, 0.15) is 23.7 Å². The van der Waals surface area contributed by atoms with E-state index in [9.17, 15) is 4.79 Å². The van der Waals surface area contributed by atoms with Gasteiger partial charge in [0.15, 0.2) is 0 Å². The van der Waals surface area contributed by atoms with Crippen LogP contribution in [0.5, 0.6) is 0 Å². The predicted octanol–water partition coefficient (Wildman–Crippen LogP) is 3.98. The summed E-state index contributed by atoms with van der Waals surface area (Å²) in [6, 6.07) is 14.1. The van der Waals surface area contributed by atoms with Crippen molar-refractivity contribution in [2.24, 2.45) is 5.92 Å². The van der Waals surface area contributed by atoms with Crippen LogP contribution in [0.25, 0.3) is 22.2 Å². The first-order valence-electron chi connectivity index (χ1n) is 9.99. The van der Waals surface area contributed by atoms with Gasteiger partial charge in [-0.1, -0.05) is 18.2 Å². The van der Waals surface area contributed by atoms with E-state index in [0.717, 1.165) is 47.2 Å².